The number of nitrogens with one attached hydrogen (secondary N) is 2. The van der Waals surface area contributed by atoms with Gasteiger partial charge in [-0.3, -0.25) is 9.59 Å². The summed E-state index contributed by atoms with van der Waals surface area (Å²) in [6.45, 7) is 16.4. The molecule has 0 aliphatic rings. The van der Waals surface area contributed by atoms with Crippen LogP contribution in [0.1, 0.15) is 82.7 Å². The molecule has 2 aromatic carbocycles. The number of carbonyl (C=O) groups excluding carboxylic acids is 3. The quantitative estimate of drug-likeness (QED) is 0.324. The Labute approximate surface area is 239 Å². The summed E-state index contributed by atoms with van der Waals surface area (Å²) in [7, 11) is 0. The second kappa shape index (κ2) is 14.3. The molecule has 3 N–H and O–H groups in total. The number of aryl methyl sites for hydroxylation is 3. The predicted octanol–water partition coefficient (Wildman–Crippen LogP) is 5.83. The van der Waals surface area contributed by atoms with Crippen molar-refractivity contribution in [3.8, 4) is 0 Å². The molecule has 0 saturated heterocycles. The summed E-state index contributed by atoms with van der Waals surface area (Å²) < 4.78 is 5.34. The topological polar surface area (TPSA) is 108 Å². The molecule has 2 aromatic rings. The summed E-state index contributed by atoms with van der Waals surface area (Å²) in [4.78, 5) is 42.4. The molecule has 0 spiro atoms. The zero-order valence-corrected chi connectivity index (χ0v) is 25.5. The Morgan fingerprint density at radius 1 is 0.950 bits per heavy atom. The highest BCUT2D eigenvalue weighted by Crippen LogP contribution is 2.30. The van der Waals surface area contributed by atoms with E-state index in [2.05, 4.69) is 24.5 Å². The van der Waals surface area contributed by atoms with Crippen LogP contribution in [0.15, 0.2) is 42.5 Å². The first-order chi connectivity index (χ1) is 18.6. The van der Waals surface area contributed by atoms with E-state index in [4.69, 9.17) is 4.74 Å². The number of amides is 3. The molecule has 0 bridgehead atoms. The molecule has 0 radical (unpaired) electrons. The lowest BCUT2D eigenvalue weighted by Gasteiger charge is -2.38. The summed E-state index contributed by atoms with van der Waals surface area (Å²) in [5.74, 6) is -0.555. The van der Waals surface area contributed by atoms with Gasteiger partial charge in [0.1, 0.15) is 17.7 Å². The van der Waals surface area contributed by atoms with Gasteiger partial charge < -0.3 is 25.4 Å². The number of hydrogen-bond donors (Lipinski definition) is 3. The molecule has 0 aromatic heterocycles. The lowest BCUT2D eigenvalue weighted by Crippen LogP contribution is -2.56. The summed E-state index contributed by atoms with van der Waals surface area (Å²) >= 11 is 0. The fourth-order valence-corrected chi connectivity index (χ4v) is 4.65. The van der Waals surface area contributed by atoms with Crippen molar-refractivity contribution in [3.63, 3.8) is 0 Å². The fourth-order valence-electron chi connectivity index (χ4n) is 4.65. The van der Waals surface area contributed by atoms with E-state index in [-0.39, 0.29) is 11.9 Å². The molecule has 0 saturated carbocycles. The van der Waals surface area contributed by atoms with E-state index >= 15 is 0 Å². The highest BCUT2D eigenvalue weighted by Gasteiger charge is 2.39. The third-order valence-corrected chi connectivity index (χ3v) is 6.55. The monoisotopic (exact) mass is 553 g/mol. The lowest BCUT2D eigenvalue weighted by molar-refractivity contribution is -0.144. The SMILES string of the molecule is Cc1cc(C)cc(C(C(=O)Nc2ccccc2C)N(C(=O)C(CO)NC(=O)OC(C)(C)C)C(C)CCC(C)C)c1. The van der Waals surface area contributed by atoms with Gasteiger partial charge in [-0.05, 0) is 84.4 Å². The first-order valence-electron chi connectivity index (χ1n) is 14.0. The van der Waals surface area contributed by atoms with E-state index in [1.165, 1.54) is 4.90 Å². The number of rotatable bonds is 11. The Morgan fingerprint density at radius 2 is 1.55 bits per heavy atom. The van der Waals surface area contributed by atoms with E-state index < -0.39 is 36.3 Å². The maximum Gasteiger partial charge on any atom is 0.408 e. The number of carbonyl (C=O) groups is 3. The van der Waals surface area contributed by atoms with Crippen molar-refractivity contribution < 1.29 is 24.2 Å². The van der Waals surface area contributed by atoms with Gasteiger partial charge in [0.15, 0.2) is 0 Å². The van der Waals surface area contributed by atoms with Gasteiger partial charge in [-0.1, -0.05) is 61.4 Å². The molecule has 220 valence electrons. The van der Waals surface area contributed by atoms with Crippen LogP contribution in [0, 0.1) is 26.7 Å². The number of anilines is 1. The third kappa shape index (κ3) is 9.66. The van der Waals surface area contributed by atoms with Gasteiger partial charge in [0.25, 0.3) is 5.91 Å². The standard InChI is InChI=1S/C32H47N3O5/c1-20(2)14-15-24(6)35(30(38)27(19-36)34-31(39)40-32(7,8)9)28(25-17-21(3)16-22(4)18-25)29(37)33-26-13-11-10-12-23(26)5/h10-13,16-18,20,24,27-28,36H,14-15,19H2,1-9H3,(H,33,37)(H,34,39). The van der Waals surface area contributed by atoms with Crippen molar-refractivity contribution in [2.24, 2.45) is 5.92 Å². The Morgan fingerprint density at radius 3 is 2.08 bits per heavy atom. The van der Waals surface area contributed by atoms with Crippen LogP contribution in [0.3, 0.4) is 0 Å². The number of aliphatic hydroxyl groups is 1. The largest absolute Gasteiger partial charge is 0.444 e. The van der Waals surface area contributed by atoms with Gasteiger partial charge >= 0.3 is 6.09 Å². The number of nitrogens with zero attached hydrogens (tertiary/aromatic N) is 1. The van der Waals surface area contributed by atoms with E-state index in [0.717, 1.165) is 23.1 Å². The minimum Gasteiger partial charge on any atom is -0.444 e. The molecule has 3 unspecified atom stereocenters. The molecule has 0 aliphatic carbocycles. The average Bonchev–Trinajstić information content (AvgIpc) is 2.83. The van der Waals surface area contributed by atoms with Crippen molar-refractivity contribution in [2.45, 2.75) is 98.9 Å². The summed E-state index contributed by atoms with van der Waals surface area (Å²) in [6.07, 6.45) is 0.641. The number of aliphatic hydroxyl groups excluding tert-OH is 1. The van der Waals surface area contributed by atoms with E-state index in [0.29, 0.717) is 23.6 Å². The van der Waals surface area contributed by atoms with Gasteiger partial charge in [0.05, 0.1) is 6.61 Å². The van der Waals surface area contributed by atoms with Gasteiger partial charge in [-0.15, -0.1) is 0 Å². The second-order valence-corrected chi connectivity index (χ2v) is 12.1. The van der Waals surface area contributed by atoms with Crippen molar-refractivity contribution in [1.29, 1.82) is 0 Å². The van der Waals surface area contributed by atoms with Crippen LogP contribution in [-0.4, -0.2) is 52.2 Å². The molecular formula is C32H47N3O5. The molecular weight excluding hydrogens is 506 g/mol. The molecule has 8 nitrogen and oxygen atoms in total. The summed E-state index contributed by atoms with van der Waals surface area (Å²) in [5.41, 5.74) is 3.32. The van der Waals surface area contributed by atoms with Crippen LogP contribution in [0.5, 0.6) is 0 Å². The molecule has 40 heavy (non-hydrogen) atoms. The second-order valence-electron chi connectivity index (χ2n) is 12.1. The van der Waals surface area contributed by atoms with Crippen LogP contribution >= 0.6 is 0 Å². The number of alkyl carbamates (subject to hydrolysis) is 1. The van der Waals surface area contributed by atoms with Crippen molar-refractivity contribution >= 4 is 23.6 Å². The average molecular weight is 554 g/mol. The normalized spacial score (nSPS) is 13.8. The Balaban J connectivity index is 2.62. The van der Waals surface area contributed by atoms with E-state index in [9.17, 15) is 19.5 Å². The molecule has 3 amide bonds. The Bertz CT molecular complexity index is 1150. The summed E-state index contributed by atoms with van der Waals surface area (Å²) in [6, 6.07) is 10.6. The van der Waals surface area contributed by atoms with Gasteiger partial charge in [-0.25, -0.2) is 4.79 Å². The van der Waals surface area contributed by atoms with Gasteiger partial charge in [0.2, 0.25) is 5.91 Å². The predicted molar refractivity (Wildman–Crippen MR) is 159 cm³/mol. The van der Waals surface area contributed by atoms with E-state index in [1.807, 2.05) is 70.2 Å². The highest BCUT2D eigenvalue weighted by molar-refractivity contribution is 5.99. The summed E-state index contributed by atoms with van der Waals surface area (Å²) in [5, 5.41) is 15.8. The molecule has 0 heterocycles. The minimum atomic E-state index is -1.30. The third-order valence-electron chi connectivity index (χ3n) is 6.55. The van der Waals surface area contributed by atoms with Crippen LogP contribution in [0.25, 0.3) is 0 Å². The first kappa shape index (κ1) is 32.8. The van der Waals surface area contributed by atoms with Crippen molar-refractivity contribution in [1.82, 2.24) is 10.2 Å². The van der Waals surface area contributed by atoms with Crippen molar-refractivity contribution in [3.05, 3.63) is 64.7 Å². The Hall–Kier alpha value is -3.39. The lowest BCUT2D eigenvalue weighted by atomic mass is 9.95. The molecule has 2 rings (SSSR count). The van der Waals surface area contributed by atoms with Crippen LogP contribution in [0.2, 0.25) is 0 Å². The number of hydrogen-bond acceptors (Lipinski definition) is 5. The highest BCUT2D eigenvalue weighted by atomic mass is 16.6. The minimum absolute atomic E-state index is 0.377. The van der Waals surface area contributed by atoms with Gasteiger partial charge in [-0.2, -0.15) is 0 Å². The molecule has 0 aliphatic heterocycles. The van der Waals surface area contributed by atoms with Crippen molar-refractivity contribution in [2.75, 3.05) is 11.9 Å². The zero-order valence-electron chi connectivity index (χ0n) is 25.5. The molecule has 3 atom stereocenters. The van der Waals surface area contributed by atoms with Crippen LogP contribution in [0.4, 0.5) is 10.5 Å². The molecule has 8 heteroatoms. The molecule has 0 fully saturated rings. The Kier molecular flexibility index (Phi) is 11.7. The first-order valence-corrected chi connectivity index (χ1v) is 14.0. The number of para-hydroxylation sites is 1. The number of ether oxygens (including phenoxy) is 1. The maximum atomic E-state index is 14.2. The van der Waals surface area contributed by atoms with Crippen LogP contribution < -0.4 is 10.6 Å². The number of benzene rings is 2. The van der Waals surface area contributed by atoms with Crippen LogP contribution in [-0.2, 0) is 14.3 Å². The maximum absolute atomic E-state index is 14.2. The van der Waals surface area contributed by atoms with E-state index in [1.54, 1.807) is 20.8 Å². The fraction of sp³-hybridized carbons (Fsp3) is 0.531. The van der Waals surface area contributed by atoms with Gasteiger partial charge in [0, 0.05) is 11.7 Å². The zero-order chi connectivity index (χ0) is 30.2. The smallest absolute Gasteiger partial charge is 0.408 e.